The van der Waals surface area contributed by atoms with Gasteiger partial charge in [-0.3, -0.25) is 4.79 Å². The van der Waals surface area contributed by atoms with E-state index in [9.17, 15) is 9.18 Å². The lowest BCUT2D eigenvalue weighted by Crippen LogP contribution is -2.32. The summed E-state index contributed by atoms with van der Waals surface area (Å²) in [6.07, 6.45) is 0. The molecular weight excluding hydrogens is 261 g/mol. The van der Waals surface area contributed by atoms with Crippen LogP contribution in [0.25, 0.3) is 0 Å². The van der Waals surface area contributed by atoms with E-state index in [1.807, 2.05) is 27.7 Å². The van der Waals surface area contributed by atoms with Gasteiger partial charge in [-0.25, -0.2) is 4.39 Å². The molecule has 0 fully saturated rings. The van der Waals surface area contributed by atoms with E-state index in [0.29, 0.717) is 0 Å². The van der Waals surface area contributed by atoms with Crippen molar-refractivity contribution in [1.82, 2.24) is 5.32 Å². The summed E-state index contributed by atoms with van der Waals surface area (Å²) in [5, 5.41) is 3.04. The lowest BCUT2D eigenvalue weighted by Gasteiger charge is -2.21. The largest absolute Gasteiger partial charge is 0.494 e. The first-order valence-corrected chi connectivity index (χ1v) is 6.51. The summed E-state index contributed by atoms with van der Waals surface area (Å²) in [5.74, 6) is -0.539. The van der Waals surface area contributed by atoms with Gasteiger partial charge < -0.3 is 14.8 Å². The number of halogens is 1. The summed E-state index contributed by atoms with van der Waals surface area (Å²) in [6, 6.07) is 4.50. The third kappa shape index (κ3) is 5.17. The molecule has 0 aliphatic carbocycles. The van der Waals surface area contributed by atoms with Crippen LogP contribution in [0.1, 0.15) is 39.3 Å². The number of esters is 1. The van der Waals surface area contributed by atoms with Crippen LogP contribution in [0.2, 0.25) is 0 Å². The highest BCUT2D eigenvalue weighted by Crippen LogP contribution is 2.22. The van der Waals surface area contributed by atoms with E-state index in [-0.39, 0.29) is 24.3 Å². The molecule has 0 heterocycles. The average molecular weight is 283 g/mol. The highest BCUT2D eigenvalue weighted by Gasteiger charge is 2.17. The summed E-state index contributed by atoms with van der Waals surface area (Å²) < 4.78 is 23.4. The zero-order chi connectivity index (χ0) is 15.3. The highest BCUT2D eigenvalue weighted by molar-refractivity contribution is 5.72. The van der Waals surface area contributed by atoms with Gasteiger partial charge in [0.05, 0.1) is 13.7 Å². The zero-order valence-corrected chi connectivity index (χ0v) is 12.6. The summed E-state index contributed by atoms with van der Waals surface area (Å²) in [7, 11) is 1.42. The molecule has 1 aromatic carbocycles. The number of hydrogen-bond donors (Lipinski definition) is 1. The molecule has 1 unspecified atom stereocenters. The number of rotatable bonds is 5. The van der Waals surface area contributed by atoms with Gasteiger partial charge in [0.15, 0.2) is 11.6 Å². The lowest BCUT2D eigenvalue weighted by molar-refractivity contribution is -0.153. The molecule has 1 atom stereocenters. The summed E-state index contributed by atoms with van der Waals surface area (Å²) in [4.78, 5) is 11.6. The molecule has 0 saturated heterocycles. The molecule has 1 rings (SSSR count). The molecule has 0 aromatic heterocycles. The van der Waals surface area contributed by atoms with Gasteiger partial charge in [0, 0.05) is 6.04 Å². The molecule has 1 aromatic rings. The van der Waals surface area contributed by atoms with E-state index in [4.69, 9.17) is 9.47 Å². The van der Waals surface area contributed by atoms with Gasteiger partial charge in [0.1, 0.15) is 5.60 Å². The average Bonchev–Trinajstić information content (AvgIpc) is 2.34. The Morgan fingerprint density at radius 2 is 2.05 bits per heavy atom. The Labute approximate surface area is 119 Å². The maximum Gasteiger partial charge on any atom is 0.320 e. The van der Waals surface area contributed by atoms with Crippen LogP contribution in [-0.4, -0.2) is 25.2 Å². The molecule has 4 nitrogen and oxygen atoms in total. The number of hydrogen-bond acceptors (Lipinski definition) is 4. The predicted molar refractivity (Wildman–Crippen MR) is 75.2 cm³/mol. The third-order valence-electron chi connectivity index (χ3n) is 2.65. The number of carbonyl (C=O) groups excluding carboxylic acids is 1. The smallest absolute Gasteiger partial charge is 0.320 e. The van der Waals surface area contributed by atoms with Gasteiger partial charge in [0.25, 0.3) is 0 Å². The van der Waals surface area contributed by atoms with Crippen LogP contribution in [0, 0.1) is 5.82 Å². The van der Waals surface area contributed by atoms with E-state index in [1.165, 1.54) is 13.2 Å². The van der Waals surface area contributed by atoms with Crippen LogP contribution in [0.5, 0.6) is 5.75 Å². The molecule has 0 saturated carbocycles. The Kier molecular flexibility index (Phi) is 5.51. The second kappa shape index (κ2) is 6.70. The highest BCUT2D eigenvalue weighted by atomic mass is 19.1. The van der Waals surface area contributed by atoms with Crippen molar-refractivity contribution < 1.29 is 18.7 Å². The van der Waals surface area contributed by atoms with E-state index < -0.39 is 11.4 Å². The maximum absolute atomic E-state index is 13.3. The van der Waals surface area contributed by atoms with Crippen LogP contribution in [-0.2, 0) is 9.53 Å². The fourth-order valence-electron chi connectivity index (χ4n) is 1.68. The topological polar surface area (TPSA) is 47.6 Å². The van der Waals surface area contributed by atoms with Crippen LogP contribution < -0.4 is 10.1 Å². The standard InChI is InChI=1S/C15H22FNO3/c1-10(17-9-14(18)20-15(2,3)4)11-6-7-12(16)13(8-11)19-5/h6-8,10,17H,9H2,1-5H3. The Morgan fingerprint density at radius 3 is 2.60 bits per heavy atom. The molecule has 0 amide bonds. The summed E-state index contributed by atoms with van der Waals surface area (Å²) >= 11 is 0. The minimum atomic E-state index is -0.499. The van der Waals surface area contributed by atoms with Crippen molar-refractivity contribution in [3.05, 3.63) is 29.6 Å². The van der Waals surface area contributed by atoms with E-state index in [0.717, 1.165) is 5.56 Å². The summed E-state index contributed by atoms with van der Waals surface area (Å²) in [5.41, 5.74) is 0.341. The quantitative estimate of drug-likeness (QED) is 0.844. The van der Waals surface area contributed by atoms with E-state index in [1.54, 1.807) is 12.1 Å². The van der Waals surface area contributed by atoms with E-state index >= 15 is 0 Å². The lowest BCUT2D eigenvalue weighted by atomic mass is 10.1. The molecule has 20 heavy (non-hydrogen) atoms. The Bertz CT molecular complexity index is 469. The first-order valence-electron chi connectivity index (χ1n) is 6.51. The van der Waals surface area contributed by atoms with Crippen LogP contribution in [0.4, 0.5) is 4.39 Å². The molecule has 112 valence electrons. The molecule has 0 bridgehead atoms. The predicted octanol–water partition coefficient (Wildman–Crippen LogP) is 2.83. The Hall–Kier alpha value is -1.62. The first-order chi connectivity index (χ1) is 9.23. The molecule has 5 heteroatoms. The van der Waals surface area contributed by atoms with Crippen LogP contribution in [0.3, 0.4) is 0 Å². The normalized spacial score (nSPS) is 12.9. The molecule has 1 N–H and O–H groups in total. The molecule has 0 aliphatic heterocycles. The van der Waals surface area contributed by atoms with Crippen molar-refractivity contribution in [3.8, 4) is 5.75 Å². The summed E-state index contributed by atoms with van der Waals surface area (Å²) in [6.45, 7) is 7.44. The Morgan fingerprint density at radius 1 is 1.40 bits per heavy atom. The van der Waals surface area contributed by atoms with Gasteiger partial charge >= 0.3 is 5.97 Å². The van der Waals surface area contributed by atoms with Crippen molar-refractivity contribution in [2.45, 2.75) is 39.3 Å². The van der Waals surface area contributed by atoms with Crippen LogP contribution >= 0.6 is 0 Å². The number of nitrogens with one attached hydrogen (secondary N) is 1. The number of carbonyl (C=O) groups is 1. The van der Waals surface area contributed by atoms with Crippen molar-refractivity contribution in [1.29, 1.82) is 0 Å². The number of methoxy groups -OCH3 is 1. The van der Waals surface area contributed by atoms with Gasteiger partial charge in [-0.05, 0) is 45.4 Å². The second-order valence-corrected chi connectivity index (χ2v) is 5.58. The van der Waals surface area contributed by atoms with Crippen molar-refractivity contribution in [2.24, 2.45) is 0 Å². The first kappa shape index (κ1) is 16.4. The minimum absolute atomic E-state index is 0.0954. The second-order valence-electron chi connectivity index (χ2n) is 5.58. The number of benzene rings is 1. The van der Waals surface area contributed by atoms with E-state index in [2.05, 4.69) is 5.32 Å². The van der Waals surface area contributed by atoms with Crippen LogP contribution in [0.15, 0.2) is 18.2 Å². The number of ether oxygens (including phenoxy) is 2. The zero-order valence-electron chi connectivity index (χ0n) is 12.6. The third-order valence-corrected chi connectivity index (χ3v) is 2.65. The monoisotopic (exact) mass is 283 g/mol. The molecule has 0 spiro atoms. The molecular formula is C15H22FNO3. The Balaban J connectivity index is 2.59. The van der Waals surface area contributed by atoms with Gasteiger partial charge in [-0.2, -0.15) is 0 Å². The van der Waals surface area contributed by atoms with Gasteiger partial charge in [0.2, 0.25) is 0 Å². The van der Waals surface area contributed by atoms with Crippen molar-refractivity contribution in [2.75, 3.05) is 13.7 Å². The fraction of sp³-hybridized carbons (Fsp3) is 0.533. The van der Waals surface area contributed by atoms with Crippen molar-refractivity contribution >= 4 is 5.97 Å². The maximum atomic E-state index is 13.3. The fourth-order valence-corrected chi connectivity index (χ4v) is 1.68. The van der Waals surface area contributed by atoms with Gasteiger partial charge in [-0.1, -0.05) is 6.07 Å². The molecule has 0 aliphatic rings. The minimum Gasteiger partial charge on any atom is -0.494 e. The molecule has 0 radical (unpaired) electrons. The SMILES string of the molecule is COc1cc(C(C)NCC(=O)OC(C)(C)C)ccc1F. The van der Waals surface area contributed by atoms with Gasteiger partial charge in [-0.15, -0.1) is 0 Å². The van der Waals surface area contributed by atoms with Crippen molar-refractivity contribution in [3.63, 3.8) is 0 Å².